The molecule has 0 fully saturated rings. The van der Waals surface area contributed by atoms with E-state index < -0.39 is 10.0 Å². The molecule has 1 unspecified atom stereocenters. The van der Waals surface area contributed by atoms with Gasteiger partial charge in [-0.25, -0.2) is 8.42 Å². The molecule has 0 aliphatic carbocycles. The van der Waals surface area contributed by atoms with Gasteiger partial charge in [0.2, 0.25) is 5.91 Å². The van der Waals surface area contributed by atoms with Crippen LogP contribution < -0.4 is 20.1 Å². The Morgan fingerprint density at radius 3 is 2.48 bits per heavy atom. The van der Waals surface area contributed by atoms with E-state index in [1.807, 2.05) is 37.3 Å². The van der Waals surface area contributed by atoms with Crippen molar-refractivity contribution in [3.05, 3.63) is 59.7 Å². The zero-order chi connectivity index (χ0) is 21.4. The van der Waals surface area contributed by atoms with Crippen LogP contribution in [0.3, 0.4) is 0 Å². The molecule has 1 amide bonds. The number of hydrogen-bond acceptors (Lipinski definition) is 5. The van der Waals surface area contributed by atoms with Crippen molar-refractivity contribution in [2.24, 2.45) is 0 Å². The Hall–Kier alpha value is -2.65. The lowest BCUT2D eigenvalue weighted by Crippen LogP contribution is -2.37. The average molecular weight is 436 g/mol. The molecule has 1 atom stereocenters. The van der Waals surface area contributed by atoms with Crippen molar-refractivity contribution >= 4 is 33.3 Å². The first kappa shape index (κ1) is 22.6. The maximum atomic E-state index is 12.7. The van der Waals surface area contributed by atoms with Crippen LogP contribution >= 0.6 is 12.2 Å². The van der Waals surface area contributed by atoms with Crippen LogP contribution in [0.5, 0.6) is 5.75 Å². The Bertz CT molecular complexity index is 963. The number of ether oxygens (including phenoxy) is 1. The van der Waals surface area contributed by atoms with Crippen LogP contribution in [-0.4, -0.2) is 33.1 Å². The number of amides is 1. The highest BCUT2D eigenvalue weighted by Gasteiger charge is 2.22. The molecule has 0 heterocycles. The monoisotopic (exact) mass is 435 g/mol. The summed E-state index contributed by atoms with van der Waals surface area (Å²) in [7, 11) is -2.44. The van der Waals surface area contributed by atoms with Crippen molar-refractivity contribution in [1.29, 1.82) is 0 Å². The molecule has 0 radical (unpaired) electrons. The zero-order valence-corrected chi connectivity index (χ0v) is 18.2. The number of carbonyl (C=O) groups is 1. The fraction of sp³-hybridized carbons (Fsp3) is 0.300. The number of rotatable bonds is 8. The molecule has 0 aliphatic rings. The summed E-state index contributed by atoms with van der Waals surface area (Å²) < 4.78 is 33.1. The maximum absolute atomic E-state index is 12.7. The number of carbonyl (C=O) groups excluding carboxylic acids is 1. The van der Waals surface area contributed by atoms with E-state index in [1.54, 1.807) is 19.1 Å². The lowest BCUT2D eigenvalue weighted by molar-refractivity contribution is -0.121. The largest absolute Gasteiger partial charge is 0.492 e. The van der Waals surface area contributed by atoms with Gasteiger partial charge in [0, 0.05) is 7.05 Å². The first-order valence-corrected chi connectivity index (χ1v) is 11.0. The number of benzene rings is 2. The summed E-state index contributed by atoms with van der Waals surface area (Å²) in [5, 5.41) is 5.45. The number of thiocarbonyl (C=S) groups is 1. The van der Waals surface area contributed by atoms with Crippen LogP contribution in [0.15, 0.2) is 53.4 Å². The maximum Gasteiger partial charge on any atom is 0.267 e. The summed E-state index contributed by atoms with van der Waals surface area (Å²) in [6.07, 6.45) is 0.0303. The third kappa shape index (κ3) is 6.43. The van der Waals surface area contributed by atoms with E-state index in [1.165, 1.54) is 13.1 Å². The van der Waals surface area contributed by atoms with Crippen molar-refractivity contribution < 1.29 is 17.9 Å². The van der Waals surface area contributed by atoms with Crippen LogP contribution in [0.1, 0.15) is 31.0 Å². The summed E-state index contributed by atoms with van der Waals surface area (Å²) in [6.45, 7) is 3.95. The summed E-state index contributed by atoms with van der Waals surface area (Å²) in [5.41, 5.74) is 1.53. The lowest BCUT2D eigenvalue weighted by Gasteiger charge is -2.16. The van der Waals surface area contributed by atoms with Crippen LogP contribution in [0.25, 0.3) is 0 Å². The minimum atomic E-state index is -3.96. The van der Waals surface area contributed by atoms with Gasteiger partial charge in [0.1, 0.15) is 10.6 Å². The third-order valence-electron chi connectivity index (χ3n) is 4.09. The summed E-state index contributed by atoms with van der Waals surface area (Å²) in [5.74, 6) is -0.0201. The summed E-state index contributed by atoms with van der Waals surface area (Å²) in [4.78, 5) is 12.4. The first-order valence-electron chi connectivity index (χ1n) is 9.11. The molecule has 2 aromatic rings. The van der Waals surface area contributed by atoms with Crippen LogP contribution in [0.2, 0.25) is 0 Å². The average Bonchev–Trinajstić information content (AvgIpc) is 2.69. The molecule has 0 spiro atoms. The molecule has 0 aliphatic heterocycles. The van der Waals surface area contributed by atoms with Gasteiger partial charge in [-0.3, -0.25) is 9.52 Å². The fourth-order valence-corrected chi connectivity index (χ4v) is 4.16. The van der Waals surface area contributed by atoms with E-state index in [-0.39, 0.29) is 34.1 Å². The van der Waals surface area contributed by atoms with Crippen LogP contribution in [0, 0.1) is 0 Å². The Labute approximate surface area is 176 Å². The van der Waals surface area contributed by atoms with Crippen molar-refractivity contribution in [3.63, 3.8) is 0 Å². The van der Waals surface area contributed by atoms with Crippen molar-refractivity contribution in [2.75, 3.05) is 13.7 Å². The Morgan fingerprint density at radius 1 is 1.17 bits per heavy atom. The molecule has 156 valence electrons. The second kappa shape index (κ2) is 10.2. The van der Waals surface area contributed by atoms with Gasteiger partial charge in [-0.2, -0.15) is 0 Å². The van der Waals surface area contributed by atoms with Gasteiger partial charge in [0.25, 0.3) is 10.0 Å². The minimum absolute atomic E-state index is 0.0303. The minimum Gasteiger partial charge on any atom is -0.492 e. The number of hydrogen-bond donors (Lipinski definition) is 3. The van der Waals surface area contributed by atoms with Gasteiger partial charge in [-0.15, -0.1) is 0 Å². The normalized spacial score (nSPS) is 12.0. The van der Waals surface area contributed by atoms with Gasteiger partial charge >= 0.3 is 0 Å². The highest BCUT2D eigenvalue weighted by atomic mass is 32.2. The standard InChI is InChI=1S/C20H25N3O4S2/c1-4-27-17-11-10-15(12-18(17)29(25,26)23-20(28)21-3)13-19(24)22-14(2)16-8-6-5-7-9-16/h5-12,14H,4,13H2,1-3H3,(H,22,24)(H2,21,23,28). The third-order valence-corrected chi connectivity index (χ3v) is 5.90. The van der Waals surface area contributed by atoms with Crippen molar-refractivity contribution in [3.8, 4) is 5.75 Å². The van der Waals surface area contributed by atoms with Gasteiger partial charge < -0.3 is 15.4 Å². The quantitative estimate of drug-likeness (QED) is 0.551. The van der Waals surface area contributed by atoms with E-state index in [0.29, 0.717) is 12.2 Å². The predicted octanol–water partition coefficient (Wildman–Crippen LogP) is 2.29. The Morgan fingerprint density at radius 2 is 1.86 bits per heavy atom. The molecular weight excluding hydrogens is 410 g/mol. The smallest absolute Gasteiger partial charge is 0.267 e. The first-order chi connectivity index (χ1) is 13.8. The molecule has 0 saturated heterocycles. The molecule has 0 saturated carbocycles. The summed E-state index contributed by atoms with van der Waals surface area (Å²) >= 11 is 4.90. The van der Waals surface area contributed by atoms with Gasteiger partial charge in [0.15, 0.2) is 5.11 Å². The second-order valence-electron chi connectivity index (χ2n) is 6.28. The van der Waals surface area contributed by atoms with Gasteiger partial charge in [-0.05, 0) is 49.3 Å². The van der Waals surface area contributed by atoms with Crippen molar-refractivity contribution in [2.45, 2.75) is 31.2 Å². The van der Waals surface area contributed by atoms with Crippen LogP contribution in [-0.2, 0) is 21.2 Å². The lowest BCUT2D eigenvalue weighted by atomic mass is 10.1. The van der Waals surface area contributed by atoms with E-state index in [9.17, 15) is 13.2 Å². The SMILES string of the molecule is CCOc1ccc(CC(=O)NC(C)c2ccccc2)cc1S(=O)(=O)NC(=S)NC. The second-order valence-corrected chi connectivity index (χ2v) is 8.33. The fourth-order valence-electron chi connectivity index (χ4n) is 2.68. The Kier molecular flexibility index (Phi) is 7.98. The van der Waals surface area contributed by atoms with E-state index in [0.717, 1.165) is 5.56 Å². The van der Waals surface area contributed by atoms with Gasteiger partial charge in [-0.1, -0.05) is 36.4 Å². The molecule has 2 rings (SSSR count). The van der Waals surface area contributed by atoms with E-state index in [2.05, 4.69) is 15.4 Å². The number of sulfonamides is 1. The molecule has 2 aromatic carbocycles. The molecular formula is C20H25N3O4S2. The molecule has 9 heteroatoms. The highest BCUT2D eigenvalue weighted by Crippen LogP contribution is 2.25. The molecule has 7 nitrogen and oxygen atoms in total. The van der Waals surface area contributed by atoms with Gasteiger partial charge in [0.05, 0.1) is 19.1 Å². The zero-order valence-electron chi connectivity index (χ0n) is 16.6. The molecule has 3 N–H and O–H groups in total. The predicted molar refractivity (Wildman–Crippen MR) is 116 cm³/mol. The molecule has 0 aromatic heterocycles. The number of nitrogens with one attached hydrogen (secondary N) is 3. The van der Waals surface area contributed by atoms with Crippen molar-refractivity contribution in [1.82, 2.24) is 15.4 Å². The van der Waals surface area contributed by atoms with E-state index in [4.69, 9.17) is 17.0 Å². The Balaban J connectivity index is 2.21. The topological polar surface area (TPSA) is 96.5 Å². The molecule has 0 bridgehead atoms. The van der Waals surface area contributed by atoms with Crippen LogP contribution in [0.4, 0.5) is 0 Å². The highest BCUT2D eigenvalue weighted by molar-refractivity contribution is 7.92. The summed E-state index contributed by atoms with van der Waals surface area (Å²) in [6, 6.07) is 14.1. The van der Waals surface area contributed by atoms with E-state index >= 15 is 0 Å². The molecule has 29 heavy (non-hydrogen) atoms.